The first-order valence-corrected chi connectivity index (χ1v) is 13.6. The number of nitrogens with one attached hydrogen (secondary N) is 1. The molecule has 39 heavy (non-hydrogen) atoms. The number of urea groups is 1. The Morgan fingerprint density at radius 3 is 2.82 bits per heavy atom. The van der Waals surface area contributed by atoms with Crippen molar-refractivity contribution in [3.05, 3.63) is 66.6 Å². The van der Waals surface area contributed by atoms with Gasteiger partial charge < -0.3 is 10.2 Å². The molecule has 10 nitrogen and oxygen atoms in total. The summed E-state index contributed by atoms with van der Waals surface area (Å²) >= 11 is 0. The molecule has 0 radical (unpaired) electrons. The molecule has 2 amide bonds. The van der Waals surface area contributed by atoms with Crippen molar-refractivity contribution < 1.29 is 14.7 Å². The van der Waals surface area contributed by atoms with Crippen LogP contribution in [0.2, 0.25) is 0 Å². The molecule has 0 spiro atoms. The van der Waals surface area contributed by atoms with Crippen LogP contribution in [0.4, 0.5) is 22.1 Å². The van der Waals surface area contributed by atoms with Gasteiger partial charge in [-0.25, -0.2) is 14.8 Å². The van der Waals surface area contributed by atoms with Gasteiger partial charge in [0.1, 0.15) is 12.1 Å². The summed E-state index contributed by atoms with van der Waals surface area (Å²) in [6.45, 7) is 3.64. The van der Waals surface area contributed by atoms with E-state index in [0.29, 0.717) is 17.8 Å². The van der Waals surface area contributed by atoms with E-state index >= 15 is 0 Å². The second-order valence-electron chi connectivity index (χ2n) is 10.6. The second kappa shape index (κ2) is 9.37. The molecule has 1 saturated carbocycles. The maximum absolute atomic E-state index is 12.9. The number of fused-ring (bicyclic) bond motifs is 2. The van der Waals surface area contributed by atoms with Gasteiger partial charge in [-0.2, -0.15) is 4.98 Å². The molecule has 2 aromatic carbocycles. The maximum atomic E-state index is 12.9. The molecule has 1 aliphatic carbocycles. The number of carbonyl (C=O) groups excluding carboxylic acids is 1. The number of anilines is 2. The largest absolute Gasteiger partial charge is 0.348 e. The van der Waals surface area contributed by atoms with Crippen LogP contribution >= 0.6 is 0 Å². The molecule has 4 heterocycles. The number of aromatic nitrogens is 4. The van der Waals surface area contributed by atoms with E-state index < -0.39 is 0 Å². The maximum Gasteiger partial charge on any atom is 0.324 e. The number of nitrogens with zero attached hydrogens (tertiary/aromatic N) is 7. The third kappa shape index (κ3) is 4.16. The van der Waals surface area contributed by atoms with Crippen LogP contribution in [0.5, 0.6) is 0 Å². The lowest BCUT2D eigenvalue weighted by molar-refractivity contribution is -0.715. The molecule has 4 aromatic rings. The Balaban J connectivity index is 1.11. The number of rotatable bonds is 6. The molecule has 1 unspecified atom stereocenters. The highest BCUT2D eigenvalue weighted by Gasteiger charge is 2.40. The molecule has 2 saturated heterocycles. The number of carbonyl (C=O) groups is 1. The quantitative estimate of drug-likeness (QED) is 0.208. The number of amides is 2. The summed E-state index contributed by atoms with van der Waals surface area (Å²) in [4.78, 5) is 30.5. The molecule has 3 aliphatic rings. The van der Waals surface area contributed by atoms with Crippen molar-refractivity contribution in [2.24, 2.45) is 0 Å². The summed E-state index contributed by atoms with van der Waals surface area (Å²) in [6.07, 6.45) is 8.66. The van der Waals surface area contributed by atoms with E-state index in [1.54, 1.807) is 12.5 Å². The van der Waals surface area contributed by atoms with Crippen LogP contribution in [0.3, 0.4) is 0 Å². The van der Waals surface area contributed by atoms with E-state index in [4.69, 9.17) is 4.98 Å². The summed E-state index contributed by atoms with van der Waals surface area (Å²) in [7, 11) is 0. The predicted molar refractivity (Wildman–Crippen MR) is 148 cm³/mol. The smallest absolute Gasteiger partial charge is 0.324 e. The average molecular weight is 524 g/mol. The van der Waals surface area contributed by atoms with Gasteiger partial charge in [0, 0.05) is 54.7 Å². The lowest BCUT2D eigenvalue weighted by Gasteiger charge is -2.17. The Bertz CT molecular complexity index is 1610. The fourth-order valence-electron chi connectivity index (χ4n) is 5.77. The van der Waals surface area contributed by atoms with Crippen molar-refractivity contribution in [3.63, 3.8) is 0 Å². The highest BCUT2D eigenvalue weighted by atomic mass is 16.5. The van der Waals surface area contributed by atoms with Crippen molar-refractivity contribution in [1.82, 2.24) is 24.4 Å². The molecule has 10 heteroatoms. The molecule has 2 aliphatic heterocycles. The molecule has 2 N–H and O–H groups in total. The first kappa shape index (κ1) is 23.6. The van der Waals surface area contributed by atoms with Gasteiger partial charge in [-0.3, -0.25) is 14.7 Å². The van der Waals surface area contributed by atoms with Crippen LogP contribution in [0, 0.1) is 0 Å². The molecule has 198 valence electrons. The van der Waals surface area contributed by atoms with Gasteiger partial charge in [-0.1, -0.05) is 12.1 Å². The lowest BCUT2D eigenvalue weighted by Crippen LogP contribution is -2.31. The van der Waals surface area contributed by atoms with E-state index in [0.717, 1.165) is 78.9 Å². The van der Waals surface area contributed by atoms with Crippen LogP contribution in [0.25, 0.3) is 16.9 Å². The predicted octanol–water partition coefficient (Wildman–Crippen LogP) is 5.05. The molecule has 7 rings (SSSR count). The fraction of sp³-hybridized carbons (Fsp3) is 0.345. The fourth-order valence-corrected chi connectivity index (χ4v) is 5.77. The number of benzene rings is 2. The zero-order valence-corrected chi connectivity index (χ0v) is 21.9. The normalized spacial score (nSPS) is 19.4. The highest BCUT2D eigenvalue weighted by molar-refractivity contribution is 5.97. The van der Waals surface area contributed by atoms with Crippen LogP contribution < -0.4 is 10.2 Å². The molecular formula is C29H31N8O2+. The molecule has 3 fully saturated rings. The highest BCUT2D eigenvalue weighted by Crippen LogP contribution is 2.32. The van der Waals surface area contributed by atoms with E-state index in [-0.39, 0.29) is 12.1 Å². The number of hydrogen-bond donors (Lipinski definition) is 2. The minimum absolute atomic E-state index is 0.0738. The topological polar surface area (TPSA) is 102 Å². The SMILES string of the molecule is C[C@H](Nc1nccc(-n2cnc3cc(N4CC5CCCN5C4=O)ccc32)n1)c1cccc([N+](O)=C2CCC2)c1. The third-order valence-corrected chi connectivity index (χ3v) is 8.17. The van der Waals surface area contributed by atoms with Gasteiger partial charge in [-0.05, 0) is 56.0 Å². The molecule has 0 bridgehead atoms. The van der Waals surface area contributed by atoms with Crippen molar-refractivity contribution in [2.75, 3.05) is 23.3 Å². The second-order valence-corrected chi connectivity index (χ2v) is 10.6. The van der Waals surface area contributed by atoms with Crippen molar-refractivity contribution in [3.8, 4) is 5.82 Å². The monoisotopic (exact) mass is 523 g/mol. The van der Waals surface area contributed by atoms with Gasteiger partial charge in [0.15, 0.2) is 0 Å². The number of imidazole rings is 1. The van der Waals surface area contributed by atoms with Gasteiger partial charge in [0.05, 0.1) is 23.1 Å². The summed E-state index contributed by atoms with van der Waals surface area (Å²) < 4.78 is 3.25. The average Bonchev–Trinajstić information content (AvgIpc) is 3.64. The Kier molecular flexibility index (Phi) is 5.68. The zero-order chi connectivity index (χ0) is 26.5. The van der Waals surface area contributed by atoms with Gasteiger partial charge in [0.25, 0.3) is 5.69 Å². The Morgan fingerprint density at radius 1 is 1.10 bits per heavy atom. The van der Waals surface area contributed by atoms with Crippen LogP contribution in [-0.4, -0.2) is 65.2 Å². The lowest BCUT2D eigenvalue weighted by atomic mass is 9.97. The Labute approximate surface area is 226 Å². The molecule has 2 aromatic heterocycles. The minimum Gasteiger partial charge on any atom is -0.348 e. The summed E-state index contributed by atoms with van der Waals surface area (Å²) in [5.41, 5.74) is 5.45. The summed E-state index contributed by atoms with van der Waals surface area (Å²) in [5, 5.41) is 13.9. The zero-order valence-electron chi connectivity index (χ0n) is 21.9. The van der Waals surface area contributed by atoms with Crippen molar-refractivity contribution in [2.45, 2.75) is 51.1 Å². The molecular weight excluding hydrogens is 492 g/mol. The van der Waals surface area contributed by atoms with Crippen LogP contribution in [0.15, 0.2) is 61.1 Å². The summed E-state index contributed by atoms with van der Waals surface area (Å²) in [6, 6.07) is 16.0. The van der Waals surface area contributed by atoms with Gasteiger partial charge >= 0.3 is 6.03 Å². The van der Waals surface area contributed by atoms with E-state index in [1.807, 2.05) is 69.8 Å². The van der Waals surface area contributed by atoms with Crippen LogP contribution in [-0.2, 0) is 0 Å². The van der Waals surface area contributed by atoms with Gasteiger partial charge in [-0.15, -0.1) is 0 Å². The van der Waals surface area contributed by atoms with Gasteiger partial charge in [0.2, 0.25) is 11.7 Å². The van der Waals surface area contributed by atoms with E-state index in [9.17, 15) is 10.0 Å². The summed E-state index contributed by atoms with van der Waals surface area (Å²) in [5.74, 6) is 1.20. The molecule has 2 atom stereocenters. The first-order valence-electron chi connectivity index (χ1n) is 13.6. The Morgan fingerprint density at radius 2 is 2.00 bits per heavy atom. The number of hydrogen-bond acceptors (Lipinski definition) is 6. The standard InChI is InChI=1S/C29H31N8O2/c1-19(20-5-2-8-23(15-20)37(39)21-6-3-7-21)32-28-30-13-12-27(33-28)36-18-31-25-16-22(10-11-26(25)36)35-17-24-9-4-14-34(24)29(35)38/h2,5,8,10-13,15-16,18-19,24,39H,3-4,6-7,9,14,17H2,1H3,(H,30,32,33)/q+1/t19-,24?/m0/s1. The first-order chi connectivity index (χ1) is 19.0. The van der Waals surface area contributed by atoms with E-state index in [2.05, 4.69) is 15.3 Å². The minimum atomic E-state index is -0.0738. The van der Waals surface area contributed by atoms with Crippen molar-refractivity contribution in [1.29, 1.82) is 0 Å². The van der Waals surface area contributed by atoms with E-state index in [1.165, 1.54) is 4.74 Å². The van der Waals surface area contributed by atoms with Crippen LogP contribution in [0.1, 0.15) is 50.6 Å². The van der Waals surface area contributed by atoms with Crippen molar-refractivity contribution >= 4 is 40.1 Å². The third-order valence-electron chi connectivity index (χ3n) is 8.17. The Hall–Kier alpha value is -4.47.